The standard InChI is InChI=1S/C18H19N3O6/c1-11-14(20(23)24)10-13(18(2,3)4)16(15(11)21(25)26)27-17(22)19-12-8-6-5-7-9-12/h5-10H,1-4H3,(H,19,22). The molecule has 1 N–H and O–H groups in total. The van der Waals surface area contributed by atoms with E-state index in [1.807, 2.05) is 0 Å². The van der Waals surface area contributed by atoms with Gasteiger partial charge in [-0.05, 0) is 24.5 Å². The molecule has 0 aliphatic carbocycles. The highest BCUT2D eigenvalue weighted by atomic mass is 16.6. The summed E-state index contributed by atoms with van der Waals surface area (Å²) in [5.41, 5.74) is -1.29. The fourth-order valence-electron chi connectivity index (χ4n) is 2.56. The molecule has 2 aromatic carbocycles. The van der Waals surface area contributed by atoms with Crippen molar-refractivity contribution in [3.63, 3.8) is 0 Å². The van der Waals surface area contributed by atoms with Crippen LogP contribution in [0.15, 0.2) is 36.4 Å². The first kappa shape index (κ1) is 19.8. The maximum Gasteiger partial charge on any atom is 0.417 e. The zero-order valence-electron chi connectivity index (χ0n) is 15.3. The summed E-state index contributed by atoms with van der Waals surface area (Å²) in [5, 5.41) is 25.4. The van der Waals surface area contributed by atoms with E-state index in [9.17, 15) is 25.0 Å². The Morgan fingerprint density at radius 3 is 2.15 bits per heavy atom. The van der Waals surface area contributed by atoms with Crippen molar-refractivity contribution in [2.45, 2.75) is 33.1 Å². The minimum Gasteiger partial charge on any atom is -0.402 e. The molecule has 1 amide bonds. The van der Waals surface area contributed by atoms with E-state index in [2.05, 4.69) is 5.32 Å². The van der Waals surface area contributed by atoms with Crippen LogP contribution in [0.3, 0.4) is 0 Å². The van der Waals surface area contributed by atoms with Crippen LogP contribution in [0.2, 0.25) is 0 Å². The Bertz CT molecular complexity index is 904. The summed E-state index contributed by atoms with van der Waals surface area (Å²) < 4.78 is 5.27. The highest BCUT2D eigenvalue weighted by molar-refractivity contribution is 5.87. The van der Waals surface area contributed by atoms with Gasteiger partial charge in [-0.1, -0.05) is 39.0 Å². The minimum absolute atomic E-state index is 0.180. The predicted octanol–water partition coefficient (Wildman–Crippen LogP) is 4.72. The molecule has 0 bridgehead atoms. The predicted molar refractivity (Wildman–Crippen MR) is 99.3 cm³/mol. The molecule has 0 fully saturated rings. The van der Waals surface area contributed by atoms with Gasteiger partial charge in [0.1, 0.15) is 5.56 Å². The molecule has 0 aromatic heterocycles. The first-order valence-corrected chi connectivity index (χ1v) is 8.03. The van der Waals surface area contributed by atoms with Crippen LogP contribution < -0.4 is 10.1 Å². The third-order valence-corrected chi connectivity index (χ3v) is 3.88. The van der Waals surface area contributed by atoms with E-state index in [1.54, 1.807) is 51.1 Å². The molecule has 27 heavy (non-hydrogen) atoms. The molecule has 142 valence electrons. The lowest BCUT2D eigenvalue weighted by Crippen LogP contribution is -2.22. The molecule has 0 heterocycles. The molecule has 0 saturated heterocycles. The Balaban J connectivity index is 2.58. The van der Waals surface area contributed by atoms with Gasteiger partial charge in [0.15, 0.2) is 0 Å². The molecule has 0 saturated carbocycles. The highest BCUT2D eigenvalue weighted by Crippen LogP contribution is 2.44. The summed E-state index contributed by atoms with van der Waals surface area (Å²) in [7, 11) is 0. The molecule has 0 spiro atoms. The SMILES string of the molecule is Cc1c([N+](=O)[O-])cc(C(C)(C)C)c(OC(=O)Nc2ccccc2)c1[N+](=O)[O-]. The third kappa shape index (κ3) is 4.38. The summed E-state index contributed by atoms with van der Waals surface area (Å²) in [6.07, 6.45) is -0.928. The molecule has 0 unspecified atom stereocenters. The van der Waals surface area contributed by atoms with Crippen molar-refractivity contribution >= 4 is 23.2 Å². The number of hydrogen-bond donors (Lipinski definition) is 1. The van der Waals surface area contributed by atoms with Gasteiger partial charge in [0.05, 0.1) is 9.85 Å². The largest absolute Gasteiger partial charge is 0.417 e. The number of hydrogen-bond acceptors (Lipinski definition) is 6. The Kier molecular flexibility index (Phi) is 5.44. The number of nitrogens with zero attached hydrogens (tertiary/aromatic N) is 2. The lowest BCUT2D eigenvalue weighted by molar-refractivity contribution is -0.395. The third-order valence-electron chi connectivity index (χ3n) is 3.88. The first-order valence-electron chi connectivity index (χ1n) is 8.03. The van der Waals surface area contributed by atoms with Crippen molar-refractivity contribution in [3.8, 4) is 5.75 Å². The summed E-state index contributed by atoms with van der Waals surface area (Å²) in [6, 6.07) is 9.64. The van der Waals surface area contributed by atoms with Crippen molar-refractivity contribution in [1.82, 2.24) is 0 Å². The molecule has 0 radical (unpaired) electrons. The molecule has 0 aliphatic rings. The van der Waals surface area contributed by atoms with Crippen LogP contribution in [0.4, 0.5) is 21.9 Å². The van der Waals surface area contributed by atoms with Crippen LogP contribution in [0.25, 0.3) is 0 Å². The molecule has 2 aromatic rings. The maximum absolute atomic E-state index is 12.3. The zero-order chi connectivity index (χ0) is 20.4. The number of amides is 1. The van der Waals surface area contributed by atoms with Crippen LogP contribution in [-0.2, 0) is 5.41 Å². The van der Waals surface area contributed by atoms with Crippen LogP contribution in [0, 0.1) is 27.2 Å². The number of rotatable bonds is 4. The monoisotopic (exact) mass is 373 g/mol. The van der Waals surface area contributed by atoms with Gasteiger partial charge in [0.2, 0.25) is 5.75 Å². The van der Waals surface area contributed by atoms with E-state index in [0.29, 0.717) is 5.69 Å². The number of nitrogens with one attached hydrogen (secondary N) is 1. The number of nitro groups is 2. The molecular formula is C18H19N3O6. The highest BCUT2D eigenvalue weighted by Gasteiger charge is 2.35. The average Bonchev–Trinajstić information content (AvgIpc) is 2.53. The second kappa shape index (κ2) is 7.40. The van der Waals surface area contributed by atoms with Gasteiger partial charge < -0.3 is 4.74 Å². The number of carbonyl (C=O) groups is 1. The number of anilines is 1. The van der Waals surface area contributed by atoms with Gasteiger partial charge in [-0.2, -0.15) is 0 Å². The van der Waals surface area contributed by atoms with Crippen molar-refractivity contribution in [2.24, 2.45) is 0 Å². The van der Waals surface area contributed by atoms with Crippen LogP contribution in [-0.4, -0.2) is 15.9 Å². The van der Waals surface area contributed by atoms with Crippen LogP contribution in [0.1, 0.15) is 31.9 Å². The smallest absolute Gasteiger partial charge is 0.402 e. The number of ether oxygens (including phenoxy) is 1. The summed E-state index contributed by atoms with van der Waals surface area (Å²) in [6.45, 7) is 6.40. The zero-order valence-corrected chi connectivity index (χ0v) is 15.3. The summed E-state index contributed by atoms with van der Waals surface area (Å²) in [4.78, 5) is 33.7. The number of carbonyl (C=O) groups excluding carboxylic acids is 1. The van der Waals surface area contributed by atoms with Gasteiger partial charge in [-0.15, -0.1) is 0 Å². The topological polar surface area (TPSA) is 125 Å². The van der Waals surface area contributed by atoms with Gasteiger partial charge in [-0.25, -0.2) is 4.79 Å². The van der Waals surface area contributed by atoms with Crippen molar-refractivity contribution < 1.29 is 19.4 Å². The first-order chi connectivity index (χ1) is 12.5. The number of para-hydroxylation sites is 1. The number of benzene rings is 2. The van der Waals surface area contributed by atoms with Gasteiger partial charge in [-0.3, -0.25) is 25.5 Å². The molecule has 0 aliphatic heterocycles. The molecule has 9 heteroatoms. The second-order valence-electron chi connectivity index (χ2n) is 6.89. The molecule has 9 nitrogen and oxygen atoms in total. The van der Waals surface area contributed by atoms with E-state index < -0.39 is 32.7 Å². The Morgan fingerprint density at radius 2 is 1.67 bits per heavy atom. The normalized spacial score (nSPS) is 11.0. The fourth-order valence-corrected chi connectivity index (χ4v) is 2.56. The Hall–Kier alpha value is -3.49. The van der Waals surface area contributed by atoms with Crippen molar-refractivity contribution in [2.75, 3.05) is 5.32 Å². The average molecular weight is 373 g/mol. The van der Waals surface area contributed by atoms with Crippen LogP contribution >= 0.6 is 0 Å². The van der Waals surface area contributed by atoms with E-state index in [1.165, 1.54) is 13.0 Å². The summed E-state index contributed by atoms with van der Waals surface area (Å²) >= 11 is 0. The van der Waals surface area contributed by atoms with Gasteiger partial charge in [0, 0.05) is 17.3 Å². The van der Waals surface area contributed by atoms with Gasteiger partial charge in [0.25, 0.3) is 5.69 Å². The van der Waals surface area contributed by atoms with Crippen molar-refractivity contribution in [3.05, 3.63) is 67.8 Å². The molecular weight excluding hydrogens is 354 g/mol. The van der Waals surface area contributed by atoms with Crippen molar-refractivity contribution in [1.29, 1.82) is 0 Å². The van der Waals surface area contributed by atoms with Gasteiger partial charge >= 0.3 is 11.8 Å². The lowest BCUT2D eigenvalue weighted by atomic mass is 9.84. The van der Waals surface area contributed by atoms with E-state index in [4.69, 9.17) is 4.74 Å². The molecule has 0 atom stereocenters. The fraction of sp³-hybridized carbons (Fsp3) is 0.278. The van der Waals surface area contributed by atoms with E-state index in [-0.39, 0.29) is 16.9 Å². The van der Waals surface area contributed by atoms with Crippen LogP contribution in [0.5, 0.6) is 5.75 Å². The molecule has 2 rings (SSSR count). The van der Waals surface area contributed by atoms with E-state index in [0.717, 1.165) is 0 Å². The second-order valence-corrected chi connectivity index (χ2v) is 6.89. The maximum atomic E-state index is 12.3. The van der Waals surface area contributed by atoms with E-state index >= 15 is 0 Å². The lowest BCUT2D eigenvalue weighted by Gasteiger charge is -2.22. The Labute approximate surface area is 155 Å². The quantitative estimate of drug-likeness (QED) is 0.610. The summed E-state index contributed by atoms with van der Waals surface area (Å²) in [5.74, 6) is -0.302. The number of nitro benzene ring substituents is 2. The Morgan fingerprint density at radius 1 is 1.07 bits per heavy atom. The minimum atomic E-state index is -0.928.